The van der Waals surface area contributed by atoms with Gasteiger partial charge >= 0.3 is 5.97 Å². The molecule has 0 bridgehead atoms. The molecule has 164 valence electrons. The van der Waals surface area contributed by atoms with Crippen molar-refractivity contribution in [2.45, 2.75) is 77.6 Å². The zero-order valence-corrected chi connectivity index (χ0v) is 18.5. The van der Waals surface area contributed by atoms with E-state index in [2.05, 4.69) is 24.8 Å². The van der Waals surface area contributed by atoms with E-state index in [1.54, 1.807) is 21.0 Å². The normalized spacial score (nSPS) is 24.9. The Morgan fingerprint density at radius 1 is 1.34 bits per heavy atom. The van der Waals surface area contributed by atoms with E-state index < -0.39 is 5.60 Å². The lowest BCUT2D eigenvalue weighted by molar-refractivity contribution is -0.147. The highest BCUT2D eigenvalue weighted by Gasteiger charge is 2.45. The number of hydrogen-bond donors (Lipinski definition) is 1. The van der Waals surface area contributed by atoms with E-state index in [-0.39, 0.29) is 31.6 Å². The number of aliphatic hydroxyl groups is 1. The van der Waals surface area contributed by atoms with Crippen LogP contribution in [0.1, 0.15) is 59.8 Å². The van der Waals surface area contributed by atoms with E-state index in [0.29, 0.717) is 18.6 Å². The smallest absolute Gasteiger partial charge is 0.333 e. The van der Waals surface area contributed by atoms with E-state index in [1.807, 2.05) is 13.0 Å². The molecule has 1 rings (SSSR count). The fourth-order valence-corrected chi connectivity index (χ4v) is 3.34. The number of esters is 1. The van der Waals surface area contributed by atoms with Crippen LogP contribution in [-0.2, 0) is 23.7 Å². The maximum absolute atomic E-state index is 11.9. The first kappa shape index (κ1) is 25.4. The number of hydrogen-bond acceptors (Lipinski definition) is 6. The summed E-state index contributed by atoms with van der Waals surface area (Å²) >= 11 is 0. The van der Waals surface area contributed by atoms with Gasteiger partial charge in [-0.15, -0.1) is 5.92 Å². The molecule has 0 saturated carbocycles. The highest BCUT2D eigenvalue weighted by atomic mass is 16.7. The van der Waals surface area contributed by atoms with Crippen LogP contribution in [0.5, 0.6) is 0 Å². The van der Waals surface area contributed by atoms with Gasteiger partial charge in [-0.3, -0.25) is 0 Å². The Kier molecular flexibility index (Phi) is 11.9. The van der Waals surface area contributed by atoms with Gasteiger partial charge in [0.15, 0.2) is 0 Å². The fourth-order valence-electron chi connectivity index (χ4n) is 3.34. The maximum Gasteiger partial charge on any atom is 0.333 e. The summed E-state index contributed by atoms with van der Waals surface area (Å²) in [5.41, 5.74) is 1.33. The van der Waals surface area contributed by atoms with Crippen molar-refractivity contribution in [2.75, 3.05) is 27.1 Å². The molecule has 0 aliphatic carbocycles. The molecule has 6 nitrogen and oxygen atoms in total. The summed E-state index contributed by atoms with van der Waals surface area (Å²) in [6.45, 7) is 8.13. The molecule has 0 aromatic carbocycles. The van der Waals surface area contributed by atoms with Gasteiger partial charge in [0, 0.05) is 25.5 Å². The van der Waals surface area contributed by atoms with E-state index in [4.69, 9.17) is 24.1 Å². The fraction of sp³-hybridized carbons (Fsp3) is 0.696. The zero-order valence-electron chi connectivity index (χ0n) is 18.5. The summed E-state index contributed by atoms with van der Waals surface area (Å²) in [6.07, 6.45) is 7.66. The number of aliphatic hydroxyl groups excluding tert-OH is 1. The second kappa shape index (κ2) is 13.6. The number of ether oxygens (including phenoxy) is 4. The summed E-state index contributed by atoms with van der Waals surface area (Å²) in [4.78, 5) is 11.9. The molecule has 1 fully saturated rings. The third-order valence-corrected chi connectivity index (χ3v) is 4.93. The van der Waals surface area contributed by atoms with Gasteiger partial charge in [0.2, 0.25) is 0 Å². The van der Waals surface area contributed by atoms with E-state index in [9.17, 15) is 4.79 Å². The number of allylic oxidation sites excluding steroid dienone is 2. The molecule has 1 aliphatic rings. The molecule has 1 heterocycles. The predicted octanol–water partition coefficient (Wildman–Crippen LogP) is 3.53. The molecule has 3 atom stereocenters. The second-order valence-electron chi connectivity index (χ2n) is 7.44. The third-order valence-electron chi connectivity index (χ3n) is 4.93. The van der Waals surface area contributed by atoms with Crippen molar-refractivity contribution in [3.63, 3.8) is 0 Å². The minimum Gasteiger partial charge on any atom is -0.463 e. The Morgan fingerprint density at radius 3 is 2.76 bits per heavy atom. The predicted molar refractivity (Wildman–Crippen MR) is 112 cm³/mol. The van der Waals surface area contributed by atoms with Crippen LogP contribution in [-0.4, -0.2) is 56.0 Å². The molecule has 0 amide bonds. The average molecular weight is 409 g/mol. The van der Waals surface area contributed by atoms with Crippen LogP contribution in [0.2, 0.25) is 0 Å². The van der Waals surface area contributed by atoms with E-state index >= 15 is 0 Å². The molecule has 0 unspecified atom stereocenters. The van der Waals surface area contributed by atoms with Crippen LogP contribution in [0.15, 0.2) is 23.3 Å². The first-order valence-electron chi connectivity index (χ1n) is 10.2. The number of methoxy groups -OCH3 is 1. The van der Waals surface area contributed by atoms with Crippen LogP contribution >= 0.6 is 0 Å². The molecule has 1 aliphatic heterocycles. The van der Waals surface area contributed by atoms with Crippen molar-refractivity contribution in [1.82, 2.24) is 0 Å². The van der Waals surface area contributed by atoms with Gasteiger partial charge in [-0.25, -0.2) is 4.79 Å². The molecule has 0 radical (unpaired) electrons. The van der Waals surface area contributed by atoms with Crippen molar-refractivity contribution >= 4 is 5.97 Å². The minimum atomic E-state index is -0.487. The SMILES string of the molecule is CCOC(=O)/C(C)=C\[C@@H]1C[C@@](C)(OCOC)[C@H](CC/C(C)=C/CCC#CCO)O1. The van der Waals surface area contributed by atoms with Crippen molar-refractivity contribution in [3.05, 3.63) is 23.3 Å². The van der Waals surface area contributed by atoms with E-state index in [0.717, 1.165) is 25.7 Å². The lowest BCUT2D eigenvalue weighted by atomic mass is 9.91. The summed E-state index contributed by atoms with van der Waals surface area (Å²) in [6, 6.07) is 0. The van der Waals surface area contributed by atoms with Gasteiger partial charge in [-0.2, -0.15) is 0 Å². The van der Waals surface area contributed by atoms with Crippen LogP contribution in [0.25, 0.3) is 0 Å². The van der Waals surface area contributed by atoms with Gasteiger partial charge in [0.05, 0.1) is 24.4 Å². The molecule has 0 aromatic heterocycles. The Labute approximate surface area is 175 Å². The number of carbonyl (C=O) groups excluding carboxylic acids is 1. The summed E-state index contributed by atoms with van der Waals surface area (Å²) in [5.74, 6) is 5.26. The first-order chi connectivity index (χ1) is 13.9. The lowest BCUT2D eigenvalue weighted by Gasteiger charge is -2.29. The molecule has 6 heteroatoms. The molecule has 1 N–H and O–H groups in total. The molecule has 29 heavy (non-hydrogen) atoms. The van der Waals surface area contributed by atoms with Crippen LogP contribution in [0, 0.1) is 11.8 Å². The Hall–Kier alpha value is -1.65. The summed E-state index contributed by atoms with van der Waals surface area (Å²) in [7, 11) is 1.60. The van der Waals surface area contributed by atoms with Crippen LogP contribution in [0.3, 0.4) is 0 Å². The third kappa shape index (κ3) is 9.14. The average Bonchev–Trinajstić information content (AvgIpc) is 3.00. The monoisotopic (exact) mass is 408 g/mol. The standard InChI is InChI=1S/C23H36O6/c1-6-27-22(25)19(3)15-20-16-23(4,28-17-26-5)21(29-20)13-12-18(2)11-9-7-8-10-14-24/h11,15,20-21,24H,6-7,9,12-14,16-17H2,1-5H3/b18-11+,19-15-/t20-,21+,23-/m1/s1. The second-order valence-corrected chi connectivity index (χ2v) is 7.44. The van der Waals surface area contributed by atoms with Gasteiger partial charge < -0.3 is 24.1 Å². The lowest BCUT2D eigenvalue weighted by Crippen LogP contribution is -2.38. The maximum atomic E-state index is 11.9. The van der Waals surface area contributed by atoms with Crippen LogP contribution < -0.4 is 0 Å². The summed E-state index contributed by atoms with van der Waals surface area (Å²) in [5, 5.41) is 8.67. The van der Waals surface area contributed by atoms with Crippen molar-refractivity contribution < 1.29 is 28.8 Å². The Balaban J connectivity index is 2.72. The van der Waals surface area contributed by atoms with Gasteiger partial charge in [0.1, 0.15) is 13.4 Å². The summed E-state index contributed by atoms with van der Waals surface area (Å²) < 4.78 is 22.4. The zero-order chi connectivity index (χ0) is 21.7. The molecule has 1 saturated heterocycles. The first-order valence-corrected chi connectivity index (χ1v) is 10.2. The van der Waals surface area contributed by atoms with Gasteiger partial charge in [-0.05, 0) is 53.0 Å². The number of rotatable bonds is 11. The highest BCUT2D eigenvalue weighted by molar-refractivity contribution is 5.87. The largest absolute Gasteiger partial charge is 0.463 e. The molecule has 0 aromatic rings. The number of carbonyl (C=O) groups is 1. The Morgan fingerprint density at radius 2 is 2.10 bits per heavy atom. The quantitative estimate of drug-likeness (QED) is 0.141. The topological polar surface area (TPSA) is 74.2 Å². The number of unbranched alkanes of at least 4 members (excludes halogenated alkanes) is 1. The van der Waals surface area contributed by atoms with Gasteiger partial charge in [-0.1, -0.05) is 17.6 Å². The van der Waals surface area contributed by atoms with Crippen molar-refractivity contribution in [1.29, 1.82) is 0 Å². The molecule has 0 spiro atoms. The minimum absolute atomic E-state index is 0.0903. The van der Waals surface area contributed by atoms with Crippen molar-refractivity contribution in [2.24, 2.45) is 0 Å². The molecular formula is C23H36O6. The molecular weight excluding hydrogens is 372 g/mol. The van der Waals surface area contributed by atoms with Gasteiger partial charge in [0.25, 0.3) is 0 Å². The Bertz CT molecular complexity index is 627. The van der Waals surface area contributed by atoms with Crippen LogP contribution in [0.4, 0.5) is 0 Å². The highest BCUT2D eigenvalue weighted by Crippen LogP contribution is 2.37. The van der Waals surface area contributed by atoms with Crippen molar-refractivity contribution in [3.8, 4) is 11.8 Å². The van der Waals surface area contributed by atoms with E-state index in [1.165, 1.54) is 5.57 Å².